The Bertz CT molecular complexity index is 697. The van der Waals surface area contributed by atoms with Crippen LogP contribution in [0.5, 0.6) is 0 Å². The van der Waals surface area contributed by atoms with Gasteiger partial charge in [0.15, 0.2) is 11.8 Å². The van der Waals surface area contributed by atoms with Gasteiger partial charge in [-0.1, -0.05) is 43.7 Å². The molecular formula is C19H29IN6. The molecule has 6 nitrogen and oxygen atoms in total. The van der Waals surface area contributed by atoms with Crippen molar-refractivity contribution in [1.29, 1.82) is 0 Å². The molecule has 0 saturated carbocycles. The third-order valence-corrected chi connectivity index (χ3v) is 4.77. The van der Waals surface area contributed by atoms with Crippen molar-refractivity contribution >= 4 is 29.9 Å². The molecule has 0 fully saturated rings. The fraction of sp³-hybridized carbons (Fsp3) is 0.526. The van der Waals surface area contributed by atoms with E-state index in [0.717, 1.165) is 37.1 Å². The number of nitrogens with one attached hydrogen (secondary N) is 2. The van der Waals surface area contributed by atoms with Crippen molar-refractivity contribution in [3.63, 3.8) is 0 Å². The van der Waals surface area contributed by atoms with Crippen molar-refractivity contribution < 1.29 is 0 Å². The second-order valence-electron chi connectivity index (χ2n) is 6.61. The molecule has 0 amide bonds. The summed E-state index contributed by atoms with van der Waals surface area (Å²) in [6.45, 7) is 4.72. The monoisotopic (exact) mass is 468 g/mol. The first-order valence-corrected chi connectivity index (χ1v) is 9.18. The second-order valence-corrected chi connectivity index (χ2v) is 6.61. The highest BCUT2D eigenvalue weighted by atomic mass is 127. The average Bonchev–Trinajstić information content (AvgIpc) is 2.88. The second kappa shape index (κ2) is 10.5. The standard InChI is InChI=1S/C19H28N6.HI/c1-15(16-9-5-3-6-10-16)13-21-19(20-2)22-14-18-24-23-17-11-7-4-8-12-25(17)18;/h3,5-6,9-10,15H,4,7-8,11-14H2,1-2H3,(H2,20,21,22);1H. The molecule has 1 unspecified atom stereocenters. The molecule has 0 aliphatic carbocycles. The number of rotatable bonds is 5. The molecule has 1 aromatic heterocycles. The quantitative estimate of drug-likeness (QED) is 0.402. The molecule has 0 spiro atoms. The molecule has 1 aliphatic rings. The maximum atomic E-state index is 4.36. The van der Waals surface area contributed by atoms with E-state index in [-0.39, 0.29) is 24.0 Å². The van der Waals surface area contributed by atoms with E-state index >= 15 is 0 Å². The molecule has 1 aliphatic heterocycles. The van der Waals surface area contributed by atoms with Crippen molar-refractivity contribution in [1.82, 2.24) is 25.4 Å². The van der Waals surface area contributed by atoms with Crippen molar-refractivity contribution in [2.75, 3.05) is 13.6 Å². The zero-order valence-corrected chi connectivity index (χ0v) is 17.9. The lowest BCUT2D eigenvalue weighted by Crippen LogP contribution is -2.39. The van der Waals surface area contributed by atoms with Crippen LogP contribution in [0.3, 0.4) is 0 Å². The van der Waals surface area contributed by atoms with E-state index in [9.17, 15) is 0 Å². The van der Waals surface area contributed by atoms with Crippen LogP contribution in [-0.2, 0) is 19.5 Å². The van der Waals surface area contributed by atoms with E-state index in [0.29, 0.717) is 12.5 Å². The Labute approximate surface area is 172 Å². The highest BCUT2D eigenvalue weighted by Crippen LogP contribution is 2.14. The number of benzene rings is 1. The third-order valence-electron chi connectivity index (χ3n) is 4.77. The van der Waals surface area contributed by atoms with E-state index in [4.69, 9.17) is 0 Å². The van der Waals surface area contributed by atoms with Crippen molar-refractivity contribution in [3.05, 3.63) is 47.5 Å². The first-order valence-electron chi connectivity index (χ1n) is 9.18. The van der Waals surface area contributed by atoms with Crippen LogP contribution in [0.4, 0.5) is 0 Å². The van der Waals surface area contributed by atoms with Gasteiger partial charge in [-0.3, -0.25) is 4.99 Å². The highest BCUT2D eigenvalue weighted by molar-refractivity contribution is 14.0. The third kappa shape index (κ3) is 5.43. The van der Waals surface area contributed by atoms with Gasteiger partial charge in [0.25, 0.3) is 0 Å². The number of hydrogen-bond donors (Lipinski definition) is 2. The minimum absolute atomic E-state index is 0. The van der Waals surface area contributed by atoms with Crippen molar-refractivity contribution in [2.45, 2.75) is 51.6 Å². The van der Waals surface area contributed by atoms with Gasteiger partial charge in [-0.15, -0.1) is 34.2 Å². The number of guanidine groups is 1. The number of fused-ring (bicyclic) bond motifs is 1. The first-order chi connectivity index (χ1) is 12.3. The molecule has 2 N–H and O–H groups in total. The smallest absolute Gasteiger partial charge is 0.191 e. The van der Waals surface area contributed by atoms with Gasteiger partial charge in [0.2, 0.25) is 0 Å². The summed E-state index contributed by atoms with van der Waals surface area (Å²) >= 11 is 0. The summed E-state index contributed by atoms with van der Waals surface area (Å²) in [6.07, 6.45) is 4.73. The summed E-state index contributed by atoms with van der Waals surface area (Å²) in [5.41, 5.74) is 1.33. The van der Waals surface area contributed by atoms with E-state index in [1.54, 1.807) is 7.05 Å². The minimum Gasteiger partial charge on any atom is -0.356 e. The first kappa shape index (κ1) is 20.7. The van der Waals surface area contributed by atoms with E-state index in [1.165, 1.54) is 24.8 Å². The van der Waals surface area contributed by atoms with Gasteiger partial charge in [0.1, 0.15) is 5.82 Å². The molecular weight excluding hydrogens is 439 g/mol. The lowest BCUT2D eigenvalue weighted by Gasteiger charge is -2.16. The topological polar surface area (TPSA) is 67.1 Å². The predicted molar refractivity (Wildman–Crippen MR) is 116 cm³/mol. The Balaban J connectivity index is 0.00000243. The van der Waals surface area contributed by atoms with Crippen LogP contribution < -0.4 is 10.6 Å². The molecule has 142 valence electrons. The summed E-state index contributed by atoms with van der Waals surface area (Å²) in [5.74, 6) is 3.34. The SMILES string of the molecule is CN=C(NCc1nnc2n1CCCCC2)NCC(C)c1ccccc1.I. The lowest BCUT2D eigenvalue weighted by molar-refractivity contribution is 0.595. The summed E-state index contributed by atoms with van der Waals surface area (Å²) in [7, 11) is 1.80. The van der Waals surface area contributed by atoms with E-state index in [2.05, 4.69) is 61.6 Å². The number of nitrogens with zero attached hydrogens (tertiary/aromatic N) is 4. The number of aliphatic imine (C=N–C) groups is 1. The molecule has 0 radical (unpaired) electrons. The molecule has 7 heteroatoms. The van der Waals surface area contributed by atoms with E-state index < -0.39 is 0 Å². The van der Waals surface area contributed by atoms with Crippen LogP contribution in [0.1, 0.15) is 49.3 Å². The Kier molecular flexibility index (Phi) is 8.34. The maximum absolute atomic E-state index is 4.36. The molecule has 2 heterocycles. The highest BCUT2D eigenvalue weighted by Gasteiger charge is 2.14. The maximum Gasteiger partial charge on any atom is 0.191 e. The van der Waals surface area contributed by atoms with Gasteiger partial charge in [0.05, 0.1) is 6.54 Å². The molecule has 3 rings (SSSR count). The predicted octanol–water partition coefficient (Wildman–Crippen LogP) is 3.09. The summed E-state index contributed by atoms with van der Waals surface area (Å²) in [6, 6.07) is 10.5. The number of halogens is 1. The molecule has 26 heavy (non-hydrogen) atoms. The fourth-order valence-corrected chi connectivity index (χ4v) is 3.21. The van der Waals surface area contributed by atoms with Gasteiger partial charge in [-0.2, -0.15) is 0 Å². The van der Waals surface area contributed by atoms with E-state index in [1.807, 2.05) is 6.07 Å². The number of aryl methyl sites for hydroxylation is 1. The summed E-state index contributed by atoms with van der Waals surface area (Å²) in [5, 5.41) is 15.5. The van der Waals surface area contributed by atoms with Crippen LogP contribution in [-0.4, -0.2) is 34.3 Å². The Morgan fingerprint density at radius 3 is 2.73 bits per heavy atom. The van der Waals surface area contributed by atoms with Crippen LogP contribution in [0.2, 0.25) is 0 Å². The molecule has 0 saturated heterocycles. The van der Waals surface area contributed by atoms with Gasteiger partial charge < -0.3 is 15.2 Å². The van der Waals surface area contributed by atoms with Crippen molar-refractivity contribution in [3.8, 4) is 0 Å². The zero-order valence-electron chi connectivity index (χ0n) is 15.6. The minimum atomic E-state index is 0. The molecule has 1 atom stereocenters. The average molecular weight is 468 g/mol. The number of aromatic nitrogens is 3. The van der Waals surface area contributed by atoms with Crippen LogP contribution in [0, 0.1) is 0 Å². The molecule has 1 aromatic carbocycles. The summed E-state index contributed by atoms with van der Waals surface area (Å²) < 4.78 is 2.26. The Morgan fingerprint density at radius 1 is 1.15 bits per heavy atom. The van der Waals surface area contributed by atoms with Gasteiger partial charge in [0, 0.05) is 26.6 Å². The largest absolute Gasteiger partial charge is 0.356 e. The van der Waals surface area contributed by atoms with Gasteiger partial charge >= 0.3 is 0 Å². The molecule has 2 aromatic rings. The van der Waals surface area contributed by atoms with Crippen LogP contribution >= 0.6 is 24.0 Å². The fourth-order valence-electron chi connectivity index (χ4n) is 3.21. The van der Waals surface area contributed by atoms with Gasteiger partial charge in [-0.25, -0.2) is 0 Å². The zero-order chi connectivity index (χ0) is 17.5. The molecule has 0 bridgehead atoms. The Morgan fingerprint density at radius 2 is 1.96 bits per heavy atom. The Hall–Kier alpha value is -1.64. The summed E-state index contributed by atoms with van der Waals surface area (Å²) in [4.78, 5) is 4.32. The van der Waals surface area contributed by atoms with Gasteiger partial charge in [-0.05, 0) is 24.3 Å². The van der Waals surface area contributed by atoms with Crippen LogP contribution in [0.25, 0.3) is 0 Å². The van der Waals surface area contributed by atoms with Crippen LogP contribution in [0.15, 0.2) is 35.3 Å². The number of hydrogen-bond acceptors (Lipinski definition) is 3. The van der Waals surface area contributed by atoms with Crippen molar-refractivity contribution in [2.24, 2.45) is 4.99 Å². The normalized spacial score (nSPS) is 15.4. The lowest BCUT2D eigenvalue weighted by atomic mass is 10.0.